The van der Waals surface area contributed by atoms with Gasteiger partial charge in [0, 0.05) is 24.9 Å². The summed E-state index contributed by atoms with van der Waals surface area (Å²) in [6.07, 6.45) is 2.78. The zero-order valence-electron chi connectivity index (χ0n) is 14.7. The van der Waals surface area contributed by atoms with Crippen LogP contribution in [-0.2, 0) is 24.2 Å². The van der Waals surface area contributed by atoms with Gasteiger partial charge in [-0.2, -0.15) is 0 Å². The zero-order chi connectivity index (χ0) is 17.9. The van der Waals surface area contributed by atoms with Gasteiger partial charge in [0.15, 0.2) is 5.82 Å². The van der Waals surface area contributed by atoms with E-state index in [1.54, 1.807) is 6.20 Å². The summed E-state index contributed by atoms with van der Waals surface area (Å²) in [6.45, 7) is 3.28. The standard InChI is InChI=1S/C20H21N5O/c1-15-13-24(20(26)12-17-9-5-6-10-21-17)14-19-23-22-18(25(15)19)11-16-7-3-2-4-8-16/h2-10,15H,11-14H2,1H3/t15-/m0/s1. The van der Waals surface area contributed by atoms with Crippen molar-refractivity contribution < 1.29 is 4.79 Å². The van der Waals surface area contributed by atoms with Gasteiger partial charge in [-0.1, -0.05) is 36.4 Å². The molecule has 0 N–H and O–H groups in total. The van der Waals surface area contributed by atoms with Gasteiger partial charge >= 0.3 is 0 Å². The number of nitrogens with zero attached hydrogens (tertiary/aromatic N) is 5. The van der Waals surface area contributed by atoms with Crippen molar-refractivity contribution in [1.82, 2.24) is 24.6 Å². The molecule has 1 aliphatic rings. The Balaban J connectivity index is 1.50. The molecule has 4 rings (SSSR count). The molecule has 0 saturated carbocycles. The Bertz CT molecular complexity index is 891. The van der Waals surface area contributed by atoms with E-state index in [4.69, 9.17) is 0 Å². The van der Waals surface area contributed by atoms with Crippen molar-refractivity contribution in [2.45, 2.75) is 32.4 Å². The van der Waals surface area contributed by atoms with Gasteiger partial charge in [0.05, 0.1) is 19.0 Å². The van der Waals surface area contributed by atoms with Gasteiger partial charge in [0.1, 0.15) is 5.82 Å². The van der Waals surface area contributed by atoms with Crippen LogP contribution in [-0.4, -0.2) is 37.1 Å². The zero-order valence-corrected chi connectivity index (χ0v) is 14.7. The van der Waals surface area contributed by atoms with Crippen LogP contribution in [0.2, 0.25) is 0 Å². The van der Waals surface area contributed by atoms with Gasteiger partial charge in [-0.15, -0.1) is 10.2 Å². The second kappa shape index (κ2) is 7.07. The first-order valence-corrected chi connectivity index (χ1v) is 8.85. The van der Waals surface area contributed by atoms with E-state index in [1.807, 2.05) is 41.3 Å². The van der Waals surface area contributed by atoms with E-state index in [0.717, 1.165) is 23.8 Å². The minimum absolute atomic E-state index is 0.0782. The highest BCUT2D eigenvalue weighted by atomic mass is 16.2. The van der Waals surface area contributed by atoms with Gasteiger partial charge in [0.2, 0.25) is 5.91 Å². The molecular weight excluding hydrogens is 326 g/mol. The number of carbonyl (C=O) groups is 1. The first-order valence-electron chi connectivity index (χ1n) is 8.85. The van der Waals surface area contributed by atoms with Crippen molar-refractivity contribution in [3.8, 4) is 0 Å². The number of benzene rings is 1. The summed E-state index contributed by atoms with van der Waals surface area (Å²) in [5, 5.41) is 8.73. The lowest BCUT2D eigenvalue weighted by molar-refractivity contribution is -0.132. The maximum absolute atomic E-state index is 12.6. The second-order valence-electron chi connectivity index (χ2n) is 6.69. The number of carbonyl (C=O) groups excluding carboxylic acids is 1. The van der Waals surface area contributed by atoms with Crippen LogP contribution in [0.25, 0.3) is 0 Å². The van der Waals surface area contributed by atoms with E-state index in [-0.39, 0.29) is 11.9 Å². The lowest BCUT2D eigenvalue weighted by atomic mass is 10.1. The van der Waals surface area contributed by atoms with Gasteiger partial charge in [0.25, 0.3) is 0 Å². The van der Waals surface area contributed by atoms with Crippen LogP contribution in [0.1, 0.15) is 35.9 Å². The van der Waals surface area contributed by atoms with Crippen LogP contribution in [0.3, 0.4) is 0 Å². The first kappa shape index (κ1) is 16.4. The third-order valence-electron chi connectivity index (χ3n) is 4.71. The molecule has 0 spiro atoms. The summed E-state index contributed by atoms with van der Waals surface area (Å²) in [7, 11) is 0. The fourth-order valence-corrected chi connectivity index (χ4v) is 3.47. The Hall–Kier alpha value is -3.02. The van der Waals surface area contributed by atoms with Crippen LogP contribution >= 0.6 is 0 Å². The maximum Gasteiger partial charge on any atom is 0.229 e. The molecule has 0 aliphatic carbocycles. The van der Waals surface area contributed by atoms with Crippen LogP contribution < -0.4 is 0 Å². The van der Waals surface area contributed by atoms with Gasteiger partial charge < -0.3 is 9.47 Å². The molecule has 6 nitrogen and oxygen atoms in total. The topological polar surface area (TPSA) is 63.9 Å². The average molecular weight is 347 g/mol. The fraction of sp³-hybridized carbons (Fsp3) is 0.300. The Labute approximate surface area is 152 Å². The van der Waals surface area contributed by atoms with Gasteiger partial charge in [-0.05, 0) is 24.6 Å². The van der Waals surface area contributed by atoms with Crippen molar-refractivity contribution in [2.24, 2.45) is 0 Å². The van der Waals surface area contributed by atoms with Crippen LogP contribution in [0.4, 0.5) is 0 Å². The number of hydrogen-bond donors (Lipinski definition) is 0. The summed E-state index contributed by atoms with van der Waals surface area (Å²) in [6, 6.07) is 16.1. The smallest absolute Gasteiger partial charge is 0.229 e. The molecule has 26 heavy (non-hydrogen) atoms. The molecule has 0 radical (unpaired) electrons. The first-order chi connectivity index (χ1) is 12.7. The van der Waals surface area contributed by atoms with Crippen LogP contribution in [0.5, 0.6) is 0 Å². The van der Waals surface area contributed by atoms with Crippen molar-refractivity contribution in [1.29, 1.82) is 0 Å². The summed E-state index contributed by atoms with van der Waals surface area (Å²) >= 11 is 0. The molecule has 3 aromatic rings. The number of rotatable bonds is 4. The maximum atomic E-state index is 12.6. The highest BCUT2D eigenvalue weighted by Gasteiger charge is 2.29. The Morgan fingerprint density at radius 3 is 2.69 bits per heavy atom. The highest BCUT2D eigenvalue weighted by Crippen LogP contribution is 2.23. The van der Waals surface area contributed by atoms with E-state index in [2.05, 4.69) is 38.8 Å². The highest BCUT2D eigenvalue weighted by molar-refractivity contribution is 5.78. The Morgan fingerprint density at radius 2 is 1.92 bits per heavy atom. The van der Waals surface area contributed by atoms with Crippen molar-refractivity contribution in [3.63, 3.8) is 0 Å². The number of amides is 1. The Morgan fingerprint density at radius 1 is 1.12 bits per heavy atom. The predicted octanol–water partition coefficient (Wildman–Crippen LogP) is 2.41. The van der Waals surface area contributed by atoms with Crippen molar-refractivity contribution in [3.05, 3.63) is 77.6 Å². The van der Waals surface area contributed by atoms with E-state index < -0.39 is 0 Å². The lowest BCUT2D eigenvalue weighted by Crippen LogP contribution is -2.41. The minimum atomic E-state index is 0.0782. The third-order valence-corrected chi connectivity index (χ3v) is 4.71. The largest absolute Gasteiger partial charge is 0.333 e. The second-order valence-corrected chi connectivity index (χ2v) is 6.69. The summed E-state index contributed by atoms with van der Waals surface area (Å²) in [5.41, 5.74) is 2.01. The molecule has 1 atom stereocenters. The molecule has 1 aromatic carbocycles. The van der Waals surface area contributed by atoms with Gasteiger partial charge in [-0.3, -0.25) is 9.78 Å². The third kappa shape index (κ3) is 3.35. The normalized spacial score (nSPS) is 16.3. The molecule has 6 heteroatoms. The monoisotopic (exact) mass is 347 g/mol. The van der Waals surface area contributed by atoms with Gasteiger partial charge in [-0.25, -0.2) is 0 Å². The predicted molar refractivity (Wildman–Crippen MR) is 97.3 cm³/mol. The lowest BCUT2D eigenvalue weighted by Gasteiger charge is -2.32. The molecule has 132 valence electrons. The summed E-state index contributed by atoms with van der Waals surface area (Å²) in [5.74, 6) is 1.88. The van der Waals surface area contributed by atoms with Crippen molar-refractivity contribution in [2.75, 3.05) is 6.54 Å². The SMILES string of the molecule is C[C@H]1CN(C(=O)Cc2ccccn2)Cc2nnc(Cc3ccccc3)n21. The molecule has 3 heterocycles. The Kier molecular flexibility index (Phi) is 4.48. The van der Waals surface area contributed by atoms with E-state index in [9.17, 15) is 4.79 Å². The molecular formula is C20H21N5O. The molecule has 0 bridgehead atoms. The van der Waals surface area contributed by atoms with Crippen molar-refractivity contribution >= 4 is 5.91 Å². The number of fused-ring (bicyclic) bond motifs is 1. The fourth-order valence-electron chi connectivity index (χ4n) is 3.47. The van der Waals surface area contributed by atoms with E-state index in [1.165, 1.54) is 5.56 Å². The molecule has 0 saturated heterocycles. The number of pyridine rings is 1. The van der Waals surface area contributed by atoms with E-state index >= 15 is 0 Å². The average Bonchev–Trinajstić information content (AvgIpc) is 3.07. The molecule has 1 aliphatic heterocycles. The number of hydrogen-bond acceptors (Lipinski definition) is 4. The molecule has 2 aromatic heterocycles. The quantitative estimate of drug-likeness (QED) is 0.727. The minimum Gasteiger partial charge on any atom is -0.333 e. The van der Waals surface area contributed by atoms with E-state index in [0.29, 0.717) is 19.5 Å². The summed E-state index contributed by atoms with van der Waals surface area (Å²) < 4.78 is 2.18. The van der Waals surface area contributed by atoms with Crippen LogP contribution in [0.15, 0.2) is 54.7 Å². The molecule has 0 unspecified atom stereocenters. The number of aromatic nitrogens is 4. The molecule has 0 fully saturated rings. The summed E-state index contributed by atoms with van der Waals surface area (Å²) in [4.78, 5) is 18.8. The van der Waals surface area contributed by atoms with Crippen LogP contribution in [0, 0.1) is 0 Å². The molecule has 1 amide bonds.